The van der Waals surface area contributed by atoms with Crippen LogP contribution in [0.15, 0.2) is 0 Å². The molecular formula is C9H18N2O4. The van der Waals surface area contributed by atoms with Gasteiger partial charge in [-0.3, -0.25) is 0 Å². The molecule has 0 aromatic rings. The highest BCUT2D eigenvalue weighted by atomic mass is 16.5. The number of nitrogens with zero attached hydrogens (tertiary/aromatic N) is 1. The van der Waals surface area contributed by atoms with Crippen LogP contribution in [0.3, 0.4) is 0 Å². The number of rotatable bonds is 5. The van der Waals surface area contributed by atoms with E-state index in [0.717, 1.165) is 0 Å². The summed E-state index contributed by atoms with van der Waals surface area (Å²) in [5.74, 6) is 0. The Hall–Kier alpha value is -0.850. The van der Waals surface area contributed by atoms with E-state index in [1.54, 1.807) is 4.90 Å². The van der Waals surface area contributed by atoms with Crippen LogP contribution in [0.1, 0.15) is 0 Å². The third-order valence-electron chi connectivity index (χ3n) is 2.06. The molecule has 0 atom stereocenters. The third-order valence-corrected chi connectivity index (χ3v) is 2.06. The van der Waals surface area contributed by atoms with Crippen molar-refractivity contribution < 1.29 is 19.4 Å². The average Bonchev–Trinajstić information content (AvgIpc) is 2.30. The lowest BCUT2D eigenvalue weighted by atomic mass is 10.4. The van der Waals surface area contributed by atoms with Gasteiger partial charge in [-0.2, -0.15) is 0 Å². The number of aliphatic hydroxyl groups excluding tert-OH is 1. The first-order valence-electron chi connectivity index (χ1n) is 5.13. The molecule has 1 rings (SSSR count). The molecule has 6 nitrogen and oxygen atoms in total. The molecule has 88 valence electrons. The molecular weight excluding hydrogens is 200 g/mol. The van der Waals surface area contributed by atoms with Gasteiger partial charge in [0.15, 0.2) is 0 Å². The molecule has 0 saturated carbocycles. The second kappa shape index (κ2) is 7.44. The van der Waals surface area contributed by atoms with Crippen LogP contribution in [0, 0.1) is 0 Å². The molecule has 2 amide bonds. The first-order chi connectivity index (χ1) is 7.34. The maximum absolute atomic E-state index is 11.5. The lowest BCUT2D eigenvalue weighted by Gasteiger charge is -2.26. The molecule has 2 N–H and O–H groups in total. The van der Waals surface area contributed by atoms with Crippen molar-refractivity contribution in [3.63, 3.8) is 0 Å². The Morgan fingerprint density at radius 2 is 2.13 bits per heavy atom. The molecule has 6 heteroatoms. The van der Waals surface area contributed by atoms with Crippen LogP contribution >= 0.6 is 0 Å². The number of nitrogens with one attached hydrogen (secondary N) is 1. The first-order valence-corrected chi connectivity index (χ1v) is 5.13. The van der Waals surface area contributed by atoms with E-state index in [1.807, 2.05) is 0 Å². The molecule has 1 saturated heterocycles. The zero-order valence-corrected chi connectivity index (χ0v) is 8.78. The highest BCUT2D eigenvalue weighted by molar-refractivity contribution is 5.74. The van der Waals surface area contributed by atoms with E-state index in [4.69, 9.17) is 14.6 Å². The highest BCUT2D eigenvalue weighted by Crippen LogP contribution is 1.96. The Bertz CT molecular complexity index is 183. The lowest BCUT2D eigenvalue weighted by molar-refractivity contribution is 0.0518. The molecule has 0 aromatic carbocycles. The molecule has 15 heavy (non-hydrogen) atoms. The Kier molecular flexibility index (Phi) is 6.06. The second-order valence-electron chi connectivity index (χ2n) is 3.17. The number of morpholine rings is 1. The van der Waals surface area contributed by atoms with Crippen molar-refractivity contribution in [2.45, 2.75) is 0 Å². The molecule has 1 fully saturated rings. The number of aliphatic hydroxyl groups is 1. The van der Waals surface area contributed by atoms with Crippen LogP contribution in [0.4, 0.5) is 4.79 Å². The van der Waals surface area contributed by atoms with E-state index in [9.17, 15) is 4.79 Å². The van der Waals surface area contributed by atoms with Crippen LogP contribution < -0.4 is 5.32 Å². The number of amides is 2. The first kappa shape index (κ1) is 12.2. The van der Waals surface area contributed by atoms with Crippen molar-refractivity contribution in [2.75, 3.05) is 52.7 Å². The molecule has 1 aliphatic heterocycles. The molecule has 0 aromatic heterocycles. The van der Waals surface area contributed by atoms with Crippen molar-refractivity contribution in [1.82, 2.24) is 10.2 Å². The molecule has 0 radical (unpaired) electrons. The van der Waals surface area contributed by atoms with Crippen LogP contribution in [-0.2, 0) is 9.47 Å². The van der Waals surface area contributed by atoms with Gasteiger partial charge in [0.2, 0.25) is 0 Å². The minimum atomic E-state index is -0.0779. The fourth-order valence-corrected chi connectivity index (χ4v) is 1.27. The predicted molar refractivity (Wildman–Crippen MR) is 53.7 cm³/mol. The van der Waals surface area contributed by atoms with Gasteiger partial charge in [-0.05, 0) is 0 Å². The van der Waals surface area contributed by atoms with Gasteiger partial charge in [-0.25, -0.2) is 4.79 Å². The van der Waals surface area contributed by atoms with Crippen LogP contribution in [-0.4, -0.2) is 68.7 Å². The second-order valence-corrected chi connectivity index (χ2v) is 3.17. The van der Waals surface area contributed by atoms with Gasteiger partial charge < -0.3 is 24.8 Å². The van der Waals surface area contributed by atoms with Gasteiger partial charge >= 0.3 is 6.03 Å². The van der Waals surface area contributed by atoms with Gasteiger partial charge in [0.05, 0.1) is 33.0 Å². The number of hydrogen-bond donors (Lipinski definition) is 2. The maximum Gasteiger partial charge on any atom is 0.317 e. The SMILES string of the molecule is O=C(NCCOCCO)N1CCOCC1. The van der Waals surface area contributed by atoms with Gasteiger partial charge in [0.25, 0.3) is 0 Å². The van der Waals surface area contributed by atoms with E-state index in [1.165, 1.54) is 0 Å². The van der Waals surface area contributed by atoms with Gasteiger partial charge in [0, 0.05) is 19.6 Å². The van der Waals surface area contributed by atoms with Crippen molar-refractivity contribution in [3.8, 4) is 0 Å². The van der Waals surface area contributed by atoms with E-state index in [0.29, 0.717) is 46.1 Å². The number of hydrogen-bond acceptors (Lipinski definition) is 4. The summed E-state index contributed by atoms with van der Waals surface area (Å²) >= 11 is 0. The van der Waals surface area contributed by atoms with Crippen molar-refractivity contribution >= 4 is 6.03 Å². The van der Waals surface area contributed by atoms with E-state index in [2.05, 4.69) is 5.32 Å². The number of ether oxygens (including phenoxy) is 2. The summed E-state index contributed by atoms with van der Waals surface area (Å²) in [6.07, 6.45) is 0. The third kappa shape index (κ3) is 4.96. The van der Waals surface area contributed by atoms with Crippen molar-refractivity contribution in [1.29, 1.82) is 0 Å². The van der Waals surface area contributed by atoms with Gasteiger partial charge in [-0.15, -0.1) is 0 Å². The Morgan fingerprint density at radius 1 is 1.40 bits per heavy atom. The smallest absolute Gasteiger partial charge is 0.317 e. The Balaban J connectivity index is 2.02. The average molecular weight is 218 g/mol. The van der Waals surface area contributed by atoms with Gasteiger partial charge in [0.1, 0.15) is 0 Å². The number of carbonyl (C=O) groups excluding carboxylic acids is 1. The van der Waals surface area contributed by atoms with Crippen molar-refractivity contribution in [2.24, 2.45) is 0 Å². The normalized spacial score (nSPS) is 16.5. The zero-order valence-electron chi connectivity index (χ0n) is 8.78. The molecule has 0 aliphatic carbocycles. The quantitative estimate of drug-likeness (QED) is 0.583. The van der Waals surface area contributed by atoms with E-state index >= 15 is 0 Å². The van der Waals surface area contributed by atoms with E-state index in [-0.39, 0.29) is 12.6 Å². The maximum atomic E-state index is 11.5. The molecule has 1 aliphatic rings. The monoisotopic (exact) mass is 218 g/mol. The minimum absolute atomic E-state index is 0.0113. The fourth-order valence-electron chi connectivity index (χ4n) is 1.27. The summed E-state index contributed by atoms with van der Waals surface area (Å²) in [4.78, 5) is 13.2. The summed E-state index contributed by atoms with van der Waals surface area (Å²) in [6.45, 7) is 3.72. The van der Waals surface area contributed by atoms with Crippen LogP contribution in [0.2, 0.25) is 0 Å². The molecule has 0 unspecified atom stereocenters. The molecule has 0 spiro atoms. The fraction of sp³-hybridized carbons (Fsp3) is 0.889. The Labute approximate surface area is 89.1 Å². The molecule has 0 bridgehead atoms. The Morgan fingerprint density at radius 3 is 2.80 bits per heavy atom. The largest absolute Gasteiger partial charge is 0.394 e. The summed E-state index contributed by atoms with van der Waals surface area (Å²) in [5.41, 5.74) is 0. The standard InChI is InChI=1S/C9H18N2O4/c12-4-8-14-5-1-10-9(13)11-2-6-15-7-3-11/h12H,1-8H2,(H,10,13). The van der Waals surface area contributed by atoms with Crippen LogP contribution in [0.25, 0.3) is 0 Å². The summed E-state index contributed by atoms with van der Waals surface area (Å²) in [7, 11) is 0. The summed E-state index contributed by atoms with van der Waals surface area (Å²) in [6, 6.07) is -0.0779. The predicted octanol–water partition coefficient (Wildman–Crippen LogP) is -0.963. The molecule has 1 heterocycles. The lowest BCUT2D eigenvalue weighted by Crippen LogP contribution is -2.46. The van der Waals surface area contributed by atoms with Gasteiger partial charge in [-0.1, -0.05) is 0 Å². The highest BCUT2D eigenvalue weighted by Gasteiger charge is 2.15. The summed E-state index contributed by atoms with van der Waals surface area (Å²) < 4.78 is 10.1. The van der Waals surface area contributed by atoms with Crippen LogP contribution in [0.5, 0.6) is 0 Å². The summed E-state index contributed by atoms with van der Waals surface area (Å²) in [5, 5.41) is 11.2. The van der Waals surface area contributed by atoms with E-state index < -0.39 is 0 Å². The van der Waals surface area contributed by atoms with Crippen molar-refractivity contribution in [3.05, 3.63) is 0 Å². The number of urea groups is 1. The topological polar surface area (TPSA) is 71.0 Å². The minimum Gasteiger partial charge on any atom is -0.394 e. The zero-order chi connectivity index (χ0) is 10.9. The number of carbonyl (C=O) groups is 1.